The van der Waals surface area contributed by atoms with Crippen molar-refractivity contribution in [1.82, 2.24) is 9.97 Å². The minimum atomic E-state index is -0.620. The zero-order valence-electron chi connectivity index (χ0n) is 16.5. The van der Waals surface area contributed by atoms with Crippen molar-refractivity contribution in [1.29, 1.82) is 0 Å². The summed E-state index contributed by atoms with van der Waals surface area (Å²) >= 11 is 1.47. The average Bonchev–Trinajstić information content (AvgIpc) is 2.94. The fourth-order valence-corrected chi connectivity index (χ4v) is 3.85. The van der Waals surface area contributed by atoms with Crippen LogP contribution in [0, 0.1) is 20.8 Å². The number of carbonyl (C=O) groups is 1. The third-order valence-electron chi connectivity index (χ3n) is 4.57. The molecule has 0 amide bonds. The number of aryl methyl sites for hydroxylation is 3. The van der Waals surface area contributed by atoms with E-state index in [0.717, 1.165) is 16.2 Å². The molecule has 0 spiro atoms. The molecule has 0 saturated heterocycles. The van der Waals surface area contributed by atoms with Crippen LogP contribution in [-0.2, 0) is 9.53 Å². The Hall–Kier alpha value is -2.67. The second-order valence-corrected chi connectivity index (χ2v) is 8.01. The third kappa shape index (κ3) is 4.59. The number of aromatic nitrogens is 2. The van der Waals surface area contributed by atoms with E-state index < -0.39 is 6.10 Å². The van der Waals surface area contributed by atoms with Crippen LogP contribution in [-0.4, -0.2) is 22.5 Å². The van der Waals surface area contributed by atoms with Gasteiger partial charge in [-0.05, 0) is 51.8 Å². The maximum Gasteiger partial charge on any atom is 0.306 e. The van der Waals surface area contributed by atoms with E-state index in [1.165, 1.54) is 16.9 Å². The summed E-state index contributed by atoms with van der Waals surface area (Å²) in [6, 6.07) is 7.77. The zero-order valence-corrected chi connectivity index (χ0v) is 17.3. The van der Waals surface area contributed by atoms with Gasteiger partial charge in [-0.2, -0.15) is 0 Å². The molecule has 7 heteroatoms. The summed E-state index contributed by atoms with van der Waals surface area (Å²) in [5.74, 6) is 0.799. The summed E-state index contributed by atoms with van der Waals surface area (Å²) in [7, 11) is 0. The molecule has 0 unspecified atom stereocenters. The summed E-state index contributed by atoms with van der Waals surface area (Å²) in [6.07, 6.45) is 0.163. The highest BCUT2D eigenvalue weighted by molar-refractivity contribution is 7.18. The molecule has 2 aromatic heterocycles. The summed E-state index contributed by atoms with van der Waals surface area (Å²) in [5, 5.41) is 0.609. The average molecular weight is 401 g/mol. The molecular weight excluding hydrogens is 376 g/mol. The number of nitrogens with zero attached hydrogens (tertiary/aromatic N) is 1. The molecule has 3 rings (SSSR count). The maximum absolute atomic E-state index is 12.3. The quantitative estimate of drug-likeness (QED) is 0.470. The molecule has 1 aromatic carbocycles. The zero-order chi connectivity index (χ0) is 20.3. The highest BCUT2D eigenvalue weighted by atomic mass is 32.1. The predicted octanol–water partition coefficient (Wildman–Crippen LogP) is 4.37. The molecule has 0 radical (unpaired) electrons. The van der Waals surface area contributed by atoms with Gasteiger partial charge in [0.15, 0.2) is 11.9 Å². The van der Waals surface area contributed by atoms with Crippen LogP contribution in [0.3, 0.4) is 0 Å². The number of benzene rings is 1. The number of hydrogen-bond donors (Lipinski definition) is 1. The van der Waals surface area contributed by atoms with E-state index >= 15 is 0 Å². The Morgan fingerprint density at radius 3 is 2.64 bits per heavy atom. The van der Waals surface area contributed by atoms with E-state index in [4.69, 9.17) is 9.47 Å². The molecule has 0 aliphatic heterocycles. The highest BCUT2D eigenvalue weighted by Crippen LogP contribution is 2.27. The van der Waals surface area contributed by atoms with Gasteiger partial charge in [-0.1, -0.05) is 17.7 Å². The lowest BCUT2D eigenvalue weighted by Gasteiger charge is -2.13. The van der Waals surface area contributed by atoms with Crippen molar-refractivity contribution in [2.45, 2.75) is 46.6 Å². The molecular formula is C21H24N2O4S. The summed E-state index contributed by atoms with van der Waals surface area (Å²) in [6.45, 7) is 8.02. The van der Waals surface area contributed by atoms with Crippen LogP contribution in [0.5, 0.6) is 5.75 Å². The topological polar surface area (TPSA) is 81.3 Å². The fourth-order valence-electron chi connectivity index (χ4n) is 2.82. The van der Waals surface area contributed by atoms with Crippen molar-refractivity contribution in [2.24, 2.45) is 0 Å². The second-order valence-electron chi connectivity index (χ2n) is 6.81. The van der Waals surface area contributed by atoms with Crippen LogP contribution >= 0.6 is 11.3 Å². The number of carbonyl (C=O) groups excluding carboxylic acids is 1. The Balaban J connectivity index is 1.53. The Morgan fingerprint density at radius 2 is 1.93 bits per heavy atom. The lowest BCUT2D eigenvalue weighted by molar-refractivity contribution is -0.149. The first kappa shape index (κ1) is 20.1. The number of aromatic amines is 1. The van der Waals surface area contributed by atoms with E-state index in [0.29, 0.717) is 29.1 Å². The number of nitrogens with one attached hydrogen (secondary N) is 1. The van der Waals surface area contributed by atoms with Gasteiger partial charge < -0.3 is 14.5 Å². The van der Waals surface area contributed by atoms with Crippen molar-refractivity contribution in [2.75, 3.05) is 6.61 Å². The second kappa shape index (κ2) is 8.56. The molecule has 0 bridgehead atoms. The molecule has 0 aliphatic carbocycles. The minimum absolute atomic E-state index is 0.198. The van der Waals surface area contributed by atoms with Gasteiger partial charge in [0, 0.05) is 11.3 Å². The molecule has 2 heterocycles. The number of hydrogen-bond acceptors (Lipinski definition) is 6. The van der Waals surface area contributed by atoms with Crippen LogP contribution < -0.4 is 10.3 Å². The third-order valence-corrected chi connectivity index (χ3v) is 5.67. The van der Waals surface area contributed by atoms with Crippen molar-refractivity contribution in [3.05, 3.63) is 56.4 Å². The lowest BCUT2D eigenvalue weighted by Crippen LogP contribution is -2.17. The van der Waals surface area contributed by atoms with Gasteiger partial charge in [-0.3, -0.25) is 9.59 Å². The van der Waals surface area contributed by atoms with Crippen LogP contribution in [0.4, 0.5) is 0 Å². The highest BCUT2D eigenvalue weighted by Gasteiger charge is 2.18. The summed E-state index contributed by atoms with van der Waals surface area (Å²) < 4.78 is 11.0. The maximum atomic E-state index is 12.3. The van der Waals surface area contributed by atoms with Gasteiger partial charge in [0.2, 0.25) is 0 Å². The number of esters is 1. The molecule has 3 aromatic rings. The number of thiophene rings is 1. The first-order valence-corrected chi connectivity index (χ1v) is 10.1. The van der Waals surface area contributed by atoms with E-state index in [2.05, 4.69) is 9.97 Å². The van der Waals surface area contributed by atoms with Gasteiger partial charge in [0.1, 0.15) is 10.6 Å². The van der Waals surface area contributed by atoms with E-state index in [1.807, 2.05) is 45.0 Å². The normalized spacial score (nSPS) is 12.1. The van der Waals surface area contributed by atoms with Crippen molar-refractivity contribution in [3.8, 4) is 5.75 Å². The molecule has 0 saturated carbocycles. The van der Waals surface area contributed by atoms with E-state index in [1.54, 1.807) is 6.92 Å². The Morgan fingerprint density at radius 1 is 1.21 bits per heavy atom. The van der Waals surface area contributed by atoms with Crippen molar-refractivity contribution < 1.29 is 14.3 Å². The number of H-pyrrole nitrogens is 1. The number of rotatable bonds is 7. The fraction of sp³-hybridized carbons (Fsp3) is 0.381. The van der Waals surface area contributed by atoms with Gasteiger partial charge in [-0.15, -0.1) is 11.3 Å². The first-order chi connectivity index (χ1) is 13.3. The molecule has 6 nitrogen and oxygen atoms in total. The lowest BCUT2D eigenvalue weighted by atomic mass is 10.2. The van der Waals surface area contributed by atoms with Crippen LogP contribution in [0.15, 0.2) is 29.1 Å². The Bertz CT molecular complexity index is 1040. The minimum Gasteiger partial charge on any atom is -0.494 e. The SMILES string of the molecule is Cc1ccc(OCCCC(=O)O[C@H](C)c2nc3sc(C)c(C)c3c(=O)[nH]2)cc1. The van der Waals surface area contributed by atoms with Crippen LogP contribution in [0.1, 0.15) is 47.7 Å². The standard InChI is InChI=1S/C21H24N2O4S/c1-12-7-9-16(10-8-12)26-11-5-6-17(24)27-14(3)19-22-20(25)18-13(2)15(4)28-21(18)23-19/h7-10,14H,5-6,11H2,1-4H3,(H,22,23,25)/t14-/m1/s1. The van der Waals surface area contributed by atoms with E-state index in [-0.39, 0.29) is 17.9 Å². The monoisotopic (exact) mass is 400 g/mol. The largest absolute Gasteiger partial charge is 0.494 e. The van der Waals surface area contributed by atoms with Crippen molar-refractivity contribution in [3.63, 3.8) is 0 Å². The molecule has 0 fully saturated rings. The number of ether oxygens (including phenoxy) is 2. The summed E-state index contributed by atoms with van der Waals surface area (Å²) in [5.41, 5.74) is 1.91. The van der Waals surface area contributed by atoms with Gasteiger partial charge >= 0.3 is 5.97 Å². The molecule has 1 N–H and O–H groups in total. The van der Waals surface area contributed by atoms with Gasteiger partial charge in [0.05, 0.1) is 12.0 Å². The predicted molar refractivity (Wildman–Crippen MR) is 110 cm³/mol. The van der Waals surface area contributed by atoms with Gasteiger partial charge in [-0.25, -0.2) is 4.98 Å². The molecule has 148 valence electrons. The summed E-state index contributed by atoms with van der Waals surface area (Å²) in [4.78, 5) is 33.4. The van der Waals surface area contributed by atoms with Crippen molar-refractivity contribution >= 4 is 27.5 Å². The number of fused-ring (bicyclic) bond motifs is 1. The molecule has 1 atom stereocenters. The Labute approximate surface area is 167 Å². The first-order valence-electron chi connectivity index (χ1n) is 9.24. The molecule has 0 aliphatic rings. The smallest absolute Gasteiger partial charge is 0.306 e. The van der Waals surface area contributed by atoms with Gasteiger partial charge in [0.25, 0.3) is 5.56 Å². The molecule has 28 heavy (non-hydrogen) atoms. The Kier molecular flexibility index (Phi) is 6.14. The van der Waals surface area contributed by atoms with E-state index in [9.17, 15) is 9.59 Å². The van der Waals surface area contributed by atoms with Crippen LogP contribution in [0.2, 0.25) is 0 Å². The van der Waals surface area contributed by atoms with Crippen LogP contribution in [0.25, 0.3) is 10.2 Å².